The van der Waals surface area contributed by atoms with Gasteiger partial charge in [0.25, 0.3) is 0 Å². The van der Waals surface area contributed by atoms with Crippen molar-refractivity contribution < 1.29 is 4.74 Å². The van der Waals surface area contributed by atoms with Crippen molar-refractivity contribution in [1.29, 1.82) is 0 Å². The molecule has 0 saturated heterocycles. The summed E-state index contributed by atoms with van der Waals surface area (Å²) in [5, 5.41) is 4.12. The van der Waals surface area contributed by atoms with E-state index in [0.29, 0.717) is 5.92 Å². The molecule has 1 atom stereocenters. The van der Waals surface area contributed by atoms with E-state index in [2.05, 4.69) is 19.2 Å². The molecule has 1 unspecified atom stereocenters. The van der Waals surface area contributed by atoms with Crippen molar-refractivity contribution in [2.75, 3.05) is 20.2 Å². The van der Waals surface area contributed by atoms with Gasteiger partial charge in [-0.1, -0.05) is 25.4 Å². The van der Waals surface area contributed by atoms with E-state index in [1.54, 1.807) is 7.11 Å². The third kappa shape index (κ3) is 4.03. The van der Waals surface area contributed by atoms with E-state index >= 15 is 0 Å². The van der Waals surface area contributed by atoms with Crippen molar-refractivity contribution in [3.63, 3.8) is 0 Å². The van der Waals surface area contributed by atoms with Gasteiger partial charge in [-0.3, -0.25) is 0 Å². The van der Waals surface area contributed by atoms with Crippen LogP contribution in [-0.2, 0) is 6.42 Å². The van der Waals surface area contributed by atoms with Gasteiger partial charge in [-0.05, 0) is 49.2 Å². The number of hydrogen-bond acceptors (Lipinski definition) is 2. The highest BCUT2D eigenvalue weighted by Gasteiger charge is 2.08. The Morgan fingerprint density at radius 3 is 2.81 bits per heavy atom. The molecule has 1 N–H and O–H groups in total. The Balaban J connectivity index is 2.67. The fourth-order valence-electron chi connectivity index (χ4n) is 1.74. The number of halogens is 1. The largest absolute Gasteiger partial charge is 0.496 e. The number of rotatable bonds is 6. The van der Waals surface area contributed by atoms with Crippen LogP contribution in [0.1, 0.15) is 19.4 Å². The van der Waals surface area contributed by atoms with Crippen molar-refractivity contribution in [3.8, 4) is 5.75 Å². The molecule has 1 aromatic carbocycles. The van der Waals surface area contributed by atoms with Crippen LogP contribution in [0.2, 0.25) is 5.02 Å². The van der Waals surface area contributed by atoms with Crippen LogP contribution >= 0.6 is 11.6 Å². The zero-order valence-corrected chi connectivity index (χ0v) is 11.0. The fourth-order valence-corrected chi connectivity index (χ4v) is 1.94. The summed E-state index contributed by atoms with van der Waals surface area (Å²) in [6, 6.07) is 5.78. The van der Waals surface area contributed by atoms with Crippen molar-refractivity contribution in [2.45, 2.75) is 20.3 Å². The molecule has 0 aliphatic carbocycles. The Hall–Kier alpha value is -0.730. The molecule has 0 spiro atoms. The maximum Gasteiger partial charge on any atom is 0.122 e. The van der Waals surface area contributed by atoms with Crippen molar-refractivity contribution >= 4 is 11.6 Å². The average Bonchev–Trinajstić information content (AvgIpc) is 2.27. The van der Waals surface area contributed by atoms with Crippen LogP contribution in [-0.4, -0.2) is 20.2 Å². The van der Waals surface area contributed by atoms with Crippen molar-refractivity contribution in [2.24, 2.45) is 5.92 Å². The van der Waals surface area contributed by atoms with E-state index in [9.17, 15) is 0 Å². The first-order valence-corrected chi connectivity index (χ1v) is 6.08. The van der Waals surface area contributed by atoms with Crippen molar-refractivity contribution in [1.82, 2.24) is 5.32 Å². The summed E-state index contributed by atoms with van der Waals surface area (Å²) in [5.41, 5.74) is 1.18. The molecule has 90 valence electrons. The summed E-state index contributed by atoms with van der Waals surface area (Å²) in [4.78, 5) is 0. The van der Waals surface area contributed by atoms with Gasteiger partial charge < -0.3 is 10.1 Å². The summed E-state index contributed by atoms with van der Waals surface area (Å²) in [6.45, 7) is 6.37. The number of ether oxygens (including phenoxy) is 1. The second kappa shape index (κ2) is 6.77. The Kier molecular flexibility index (Phi) is 5.64. The highest BCUT2D eigenvalue weighted by Crippen LogP contribution is 2.24. The lowest BCUT2D eigenvalue weighted by atomic mass is 10.0. The quantitative estimate of drug-likeness (QED) is 0.826. The molecule has 0 radical (unpaired) electrons. The molecule has 2 nitrogen and oxygen atoms in total. The standard InChI is InChI=1S/C13H20ClNO/c1-4-15-9-10(2)7-11-8-12(14)5-6-13(11)16-3/h5-6,8,10,15H,4,7,9H2,1-3H3. The number of benzene rings is 1. The molecule has 0 aliphatic rings. The molecule has 0 saturated carbocycles. The minimum Gasteiger partial charge on any atom is -0.496 e. The molecular formula is C13H20ClNO. The van der Waals surface area contributed by atoms with Gasteiger partial charge in [0, 0.05) is 5.02 Å². The summed E-state index contributed by atoms with van der Waals surface area (Å²) < 4.78 is 5.33. The molecule has 16 heavy (non-hydrogen) atoms. The maximum absolute atomic E-state index is 5.99. The molecule has 1 aromatic rings. The molecule has 0 aromatic heterocycles. The van der Waals surface area contributed by atoms with E-state index < -0.39 is 0 Å². The second-order valence-electron chi connectivity index (χ2n) is 4.07. The zero-order chi connectivity index (χ0) is 12.0. The van der Waals surface area contributed by atoms with Gasteiger partial charge in [0.2, 0.25) is 0 Å². The number of nitrogens with one attached hydrogen (secondary N) is 1. The minimum atomic E-state index is 0.576. The van der Waals surface area contributed by atoms with E-state index in [1.165, 1.54) is 5.56 Å². The van der Waals surface area contributed by atoms with E-state index in [4.69, 9.17) is 16.3 Å². The van der Waals surface area contributed by atoms with Crippen LogP contribution in [0.3, 0.4) is 0 Å². The lowest BCUT2D eigenvalue weighted by molar-refractivity contribution is 0.404. The summed E-state index contributed by atoms with van der Waals surface area (Å²) in [7, 11) is 1.70. The van der Waals surface area contributed by atoms with Crippen LogP contribution in [0.15, 0.2) is 18.2 Å². The molecule has 1 rings (SSSR count). The van der Waals surface area contributed by atoms with Crippen LogP contribution in [0.25, 0.3) is 0 Å². The van der Waals surface area contributed by atoms with Gasteiger partial charge in [-0.2, -0.15) is 0 Å². The predicted octanol–water partition coefficient (Wildman–Crippen LogP) is 3.14. The van der Waals surface area contributed by atoms with Crippen molar-refractivity contribution in [3.05, 3.63) is 28.8 Å². The van der Waals surface area contributed by atoms with Crippen LogP contribution in [0, 0.1) is 5.92 Å². The van der Waals surface area contributed by atoms with E-state index in [-0.39, 0.29) is 0 Å². The molecule has 0 heterocycles. The predicted molar refractivity (Wildman–Crippen MR) is 69.4 cm³/mol. The van der Waals surface area contributed by atoms with Gasteiger partial charge >= 0.3 is 0 Å². The normalized spacial score (nSPS) is 12.5. The third-order valence-electron chi connectivity index (χ3n) is 2.55. The van der Waals surface area contributed by atoms with Crippen LogP contribution in [0.4, 0.5) is 0 Å². The molecular weight excluding hydrogens is 222 g/mol. The summed E-state index contributed by atoms with van der Waals surface area (Å²) >= 11 is 5.99. The first-order chi connectivity index (χ1) is 7.67. The smallest absolute Gasteiger partial charge is 0.122 e. The lowest BCUT2D eigenvalue weighted by Crippen LogP contribution is -2.22. The van der Waals surface area contributed by atoms with Crippen LogP contribution in [0.5, 0.6) is 5.75 Å². The second-order valence-corrected chi connectivity index (χ2v) is 4.51. The SMILES string of the molecule is CCNCC(C)Cc1cc(Cl)ccc1OC. The van der Waals surface area contributed by atoms with Gasteiger partial charge in [0.1, 0.15) is 5.75 Å². The first kappa shape index (κ1) is 13.3. The Labute approximate surface area is 103 Å². The van der Waals surface area contributed by atoms with E-state index in [1.807, 2.05) is 18.2 Å². The highest BCUT2D eigenvalue weighted by molar-refractivity contribution is 6.30. The Morgan fingerprint density at radius 2 is 2.19 bits per heavy atom. The Bertz CT molecular complexity index is 328. The molecule has 0 amide bonds. The van der Waals surface area contributed by atoms with Gasteiger partial charge in [0.05, 0.1) is 7.11 Å². The van der Waals surface area contributed by atoms with E-state index in [0.717, 1.165) is 30.3 Å². The third-order valence-corrected chi connectivity index (χ3v) is 2.79. The summed E-state index contributed by atoms with van der Waals surface area (Å²) in [6.07, 6.45) is 0.983. The van der Waals surface area contributed by atoms with Gasteiger partial charge in [-0.25, -0.2) is 0 Å². The first-order valence-electron chi connectivity index (χ1n) is 5.70. The zero-order valence-electron chi connectivity index (χ0n) is 10.2. The fraction of sp³-hybridized carbons (Fsp3) is 0.538. The topological polar surface area (TPSA) is 21.3 Å². The number of hydrogen-bond donors (Lipinski definition) is 1. The lowest BCUT2D eigenvalue weighted by Gasteiger charge is -2.14. The molecule has 3 heteroatoms. The maximum atomic E-state index is 5.99. The highest BCUT2D eigenvalue weighted by atomic mass is 35.5. The minimum absolute atomic E-state index is 0.576. The molecule has 0 aliphatic heterocycles. The van der Waals surface area contributed by atoms with Gasteiger partial charge in [0.15, 0.2) is 0 Å². The molecule has 0 fully saturated rings. The summed E-state index contributed by atoms with van der Waals surface area (Å²) in [5.74, 6) is 1.50. The average molecular weight is 242 g/mol. The van der Waals surface area contributed by atoms with Gasteiger partial charge in [-0.15, -0.1) is 0 Å². The molecule has 0 bridgehead atoms. The monoisotopic (exact) mass is 241 g/mol. The Morgan fingerprint density at radius 1 is 1.44 bits per heavy atom. The van der Waals surface area contributed by atoms with Crippen LogP contribution < -0.4 is 10.1 Å². The number of methoxy groups -OCH3 is 1.